The molecule has 0 bridgehead atoms. The number of halogens is 1. The summed E-state index contributed by atoms with van der Waals surface area (Å²) in [7, 11) is 0. The van der Waals surface area contributed by atoms with Gasteiger partial charge in [-0.1, -0.05) is 30.3 Å². The molecular formula is C21H18FN3OS. The summed E-state index contributed by atoms with van der Waals surface area (Å²) in [6.45, 7) is 2.31. The summed E-state index contributed by atoms with van der Waals surface area (Å²) in [5, 5.41) is 21.5. The zero-order valence-corrected chi connectivity index (χ0v) is 15.5. The Hall–Kier alpha value is -2.99. The zero-order valence-electron chi connectivity index (χ0n) is 14.7. The summed E-state index contributed by atoms with van der Waals surface area (Å²) in [5.74, 6) is 0.129. The molecule has 1 unspecified atom stereocenters. The van der Waals surface area contributed by atoms with Gasteiger partial charge in [-0.3, -0.25) is 5.41 Å². The fraction of sp³-hybridized carbons (Fsp3) is 0.143. The molecule has 1 atom stereocenters. The fourth-order valence-corrected chi connectivity index (χ4v) is 4.10. The maximum atomic E-state index is 13.1. The molecule has 27 heavy (non-hydrogen) atoms. The number of aromatic nitrogens is 1. The number of hydrogen-bond acceptors (Lipinski definition) is 4. The van der Waals surface area contributed by atoms with E-state index >= 15 is 0 Å². The lowest BCUT2D eigenvalue weighted by atomic mass is 10.1. The van der Waals surface area contributed by atoms with E-state index < -0.39 is 0 Å². The Labute approximate surface area is 160 Å². The predicted octanol–water partition coefficient (Wildman–Crippen LogP) is 5.27. The van der Waals surface area contributed by atoms with Gasteiger partial charge in [-0.05, 0) is 36.8 Å². The molecule has 4 nitrogen and oxygen atoms in total. The van der Waals surface area contributed by atoms with Crippen LogP contribution in [0.15, 0.2) is 65.7 Å². The number of aliphatic hydroxyl groups is 1. The number of benzene rings is 2. The molecular weight excluding hydrogens is 361 g/mol. The van der Waals surface area contributed by atoms with E-state index in [1.165, 1.54) is 23.5 Å². The van der Waals surface area contributed by atoms with Crippen molar-refractivity contribution in [2.45, 2.75) is 13.0 Å². The Balaban J connectivity index is 1.60. The van der Waals surface area contributed by atoms with E-state index in [1.54, 1.807) is 12.1 Å². The Morgan fingerprint density at radius 1 is 1.15 bits per heavy atom. The average molecular weight is 379 g/mol. The van der Waals surface area contributed by atoms with Crippen molar-refractivity contribution < 1.29 is 9.50 Å². The molecule has 2 heterocycles. The normalized spacial score (nSPS) is 15.5. The highest BCUT2D eigenvalue weighted by Gasteiger charge is 2.33. The number of rotatable bonds is 4. The number of amidine groups is 1. The van der Waals surface area contributed by atoms with Crippen molar-refractivity contribution >= 4 is 22.7 Å². The van der Waals surface area contributed by atoms with Crippen molar-refractivity contribution in [3.8, 4) is 11.3 Å². The minimum atomic E-state index is -0.294. The first-order valence-corrected chi connectivity index (χ1v) is 9.47. The molecule has 0 saturated carbocycles. The van der Waals surface area contributed by atoms with Gasteiger partial charge in [-0.25, -0.2) is 9.37 Å². The molecule has 0 amide bonds. The van der Waals surface area contributed by atoms with Crippen LogP contribution >= 0.6 is 11.3 Å². The third-order valence-corrected chi connectivity index (χ3v) is 5.60. The fourth-order valence-electron chi connectivity index (χ4n) is 3.21. The van der Waals surface area contributed by atoms with Crippen molar-refractivity contribution in [1.29, 1.82) is 5.41 Å². The molecule has 3 aromatic rings. The number of hydrogen-bond donors (Lipinski definition) is 2. The molecule has 0 fully saturated rings. The molecule has 0 spiro atoms. The van der Waals surface area contributed by atoms with Crippen LogP contribution in [0.5, 0.6) is 0 Å². The van der Waals surface area contributed by atoms with Gasteiger partial charge in [-0.2, -0.15) is 0 Å². The lowest BCUT2D eigenvalue weighted by Crippen LogP contribution is -2.29. The third-order valence-electron chi connectivity index (χ3n) is 4.74. The SMILES string of the molecule is CC(c1ccccc1)N1CC(O)=C(c2nc(-c3ccc(F)cc3)cs2)C1=N. The lowest BCUT2D eigenvalue weighted by molar-refractivity contribution is 0.310. The van der Waals surface area contributed by atoms with Crippen LogP contribution < -0.4 is 0 Å². The van der Waals surface area contributed by atoms with Gasteiger partial charge in [0, 0.05) is 10.9 Å². The molecule has 1 aliphatic rings. The van der Waals surface area contributed by atoms with Crippen LogP contribution in [0.25, 0.3) is 16.8 Å². The van der Waals surface area contributed by atoms with Gasteiger partial charge in [-0.15, -0.1) is 11.3 Å². The van der Waals surface area contributed by atoms with E-state index in [4.69, 9.17) is 5.41 Å². The Morgan fingerprint density at radius 3 is 2.56 bits per heavy atom. The molecule has 1 aliphatic heterocycles. The molecule has 0 radical (unpaired) electrons. The van der Waals surface area contributed by atoms with Crippen LogP contribution in [0.3, 0.4) is 0 Å². The zero-order chi connectivity index (χ0) is 19.0. The molecule has 6 heteroatoms. The number of nitrogens with one attached hydrogen (secondary N) is 1. The second-order valence-corrected chi connectivity index (χ2v) is 7.29. The first-order chi connectivity index (χ1) is 13.0. The van der Waals surface area contributed by atoms with Crippen LogP contribution in [0.1, 0.15) is 23.5 Å². The van der Waals surface area contributed by atoms with Crippen LogP contribution in [-0.2, 0) is 0 Å². The average Bonchev–Trinajstić information content (AvgIpc) is 3.27. The van der Waals surface area contributed by atoms with Gasteiger partial charge < -0.3 is 10.0 Å². The summed E-state index contributed by atoms with van der Waals surface area (Å²) >= 11 is 1.37. The van der Waals surface area contributed by atoms with Crippen molar-refractivity contribution in [3.05, 3.63) is 82.1 Å². The summed E-state index contributed by atoms with van der Waals surface area (Å²) in [5.41, 5.74) is 3.06. The van der Waals surface area contributed by atoms with Crippen molar-refractivity contribution in [1.82, 2.24) is 9.88 Å². The lowest BCUT2D eigenvalue weighted by Gasteiger charge is -2.26. The van der Waals surface area contributed by atoms with Gasteiger partial charge >= 0.3 is 0 Å². The van der Waals surface area contributed by atoms with Gasteiger partial charge in [0.05, 0.1) is 23.9 Å². The maximum absolute atomic E-state index is 13.1. The van der Waals surface area contributed by atoms with Crippen molar-refractivity contribution in [3.63, 3.8) is 0 Å². The van der Waals surface area contributed by atoms with Crippen LogP contribution in [0.2, 0.25) is 0 Å². The minimum Gasteiger partial charge on any atom is -0.510 e. The van der Waals surface area contributed by atoms with E-state index in [9.17, 15) is 9.50 Å². The Kier molecular flexibility index (Phi) is 4.49. The topological polar surface area (TPSA) is 60.2 Å². The summed E-state index contributed by atoms with van der Waals surface area (Å²) in [6, 6.07) is 16.0. The van der Waals surface area contributed by atoms with Gasteiger partial charge in [0.1, 0.15) is 22.4 Å². The first kappa shape index (κ1) is 17.4. The third kappa shape index (κ3) is 3.24. The van der Waals surface area contributed by atoms with Gasteiger partial charge in [0.2, 0.25) is 0 Å². The predicted molar refractivity (Wildman–Crippen MR) is 106 cm³/mol. The van der Waals surface area contributed by atoms with E-state index in [1.807, 2.05) is 47.5 Å². The number of aliphatic hydroxyl groups excluding tert-OH is 1. The van der Waals surface area contributed by atoms with Crippen LogP contribution in [-0.4, -0.2) is 27.4 Å². The molecule has 0 saturated heterocycles. The van der Waals surface area contributed by atoms with Crippen molar-refractivity contribution in [2.24, 2.45) is 0 Å². The molecule has 0 aliphatic carbocycles. The highest BCUT2D eigenvalue weighted by Crippen LogP contribution is 2.35. The summed E-state index contributed by atoms with van der Waals surface area (Å²) in [4.78, 5) is 6.43. The molecule has 2 N–H and O–H groups in total. The van der Waals surface area contributed by atoms with Gasteiger partial charge in [0.25, 0.3) is 0 Å². The first-order valence-electron chi connectivity index (χ1n) is 8.59. The summed E-state index contributed by atoms with van der Waals surface area (Å²) in [6.07, 6.45) is 0. The van der Waals surface area contributed by atoms with E-state index in [0.29, 0.717) is 16.3 Å². The summed E-state index contributed by atoms with van der Waals surface area (Å²) < 4.78 is 13.1. The molecule has 136 valence electrons. The van der Waals surface area contributed by atoms with E-state index in [-0.39, 0.29) is 30.0 Å². The monoisotopic (exact) mass is 379 g/mol. The van der Waals surface area contributed by atoms with Crippen LogP contribution in [0.4, 0.5) is 4.39 Å². The van der Waals surface area contributed by atoms with Crippen molar-refractivity contribution in [2.75, 3.05) is 6.54 Å². The Bertz CT molecular complexity index is 1010. The van der Waals surface area contributed by atoms with E-state index in [2.05, 4.69) is 4.98 Å². The molecule has 4 rings (SSSR count). The second kappa shape index (κ2) is 6.96. The van der Waals surface area contributed by atoms with Crippen LogP contribution in [0, 0.1) is 11.2 Å². The standard InChI is InChI=1S/C21H18FN3OS/c1-13(14-5-3-2-4-6-14)25-11-18(26)19(20(25)23)21-24-17(12-27-21)15-7-9-16(22)10-8-15/h2-10,12-13,23,26H,11H2,1H3. The minimum absolute atomic E-state index is 0.0325. The van der Waals surface area contributed by atoms with Gasteiger partial charge in [0.15, 0.2) is 0 Å². The van der Waals surface area contributed by atoms with E-state index in [0.717, 1.165) is 11.1 Å². The number of nitrogens with zero attached hydrogens (tertiary/aromatic N) is 2. The smallest absolute Gasteiger partial charge is 0.135 e. The largest absolute Gasteiger partial charge is 0.510 e. The Morgan fingerprint density at radius 2 is 1.85 bits per heavy atom. The molecule has 1 aromatic heterocycles. The number of thiazole rings is 1. The highest BCUT2D eigenvalue weighted by molar-refractivity contribution is 7.11. The maximum Gasteiger partial charge on any atom is 0.135 e. The quantitative estimate of drug-likeness (QED) is 0.649. The second-order valence-electron chi connectivity index (χ2n) is 6.43. The highest BCUT2D eigenvalue weighted by atomic mass is 32.1. The molecule has 2 aromatic carbocycles.